The number of aliphatic carboxylic acids is 1. The van der Waals surface area contributed by atoms with Crippen molar-refractivity contribution in [1.82, 2.24) is 10.2 Å². The molecule has 1 heterocycles. The Balaban J connectivity index is 2.59. The number of carbonyl (C=O) groups is 2. The third-order valence-corrected chi connectivity index (χ3v) is 3.61. The number of methoxy groups -OCH3 is 1. The quantitative estimate of drug-likeness (QED) is 0.794. The Kier molecular flexibility index (Phi) is 5.60. The normalized spacial score (nSPS) is 24.9. The van der Waals surface area contributed by atoms with Crippen molar-refractivity contribution in [1.29, 1.82) is 0 Å². The van der Waals surface area contributed by atoms with Crippen molar-refractivity contribution in [2.24, 2.45) is 0 Å². The maximum absolute atomic E-state index is 12.1. The van der Waals surface area contributed by atoms with Gasteiger partial charge in [0.2, 0.25) is 0 Å². The van der Waals surface area contributed by atoms with E-state index in [9.17, 15) is 9.59 Å². The Hall–Kier alpha value is -1.30. The van der Waals surface area contributed by atoms with E-state index in [1.54, 1.807) is 12.0 Å². The van der Waals surface area contributed by atoms with E-state index < -0.39 is 12.0 Å². The topological polar surface area (TPSA) is 78.9 Å². The zero-order chi connectivity index (χ0) is 14.5. The molecule has 1 rings (SSSR count). The number of carboxylic acids is 1. The van der Waals surface area contributed by atoms with Gasteiger partial charge in [0, 0.05) is 13.7 Å². The minimum Gasteiger partial charge on any atom is -0.480 e. The summed E-state index contributed by atoms with van der Waals surface area (Å²) in [7, 11) is 1.64. The summed E-state index contributed by atoms with van der Waals surface area (Å²) < 4.78 is 5.42. The lowest BCUT2D eigenvalue weighted by Gasteiger charge is -2.39. The maximum atomic E-state index is 12.1. The smallest absolute Gasteiger partial charge is 0.326 e. The number of hydrogen-bond donors (Lipinski definition) is 2. The second-order valence-corrected chi connectivity index (χ2v) is 5.31. The molecule has 0 aliphatic carbocycles. The highest BCUT2D eigenvalue weighted by atomic mass is 16.5. The molecule has 110 valence electrons. The van der Waals surface area contributed by atoms with Gasteiger partial charge in [0.25, 0.3) is 0 Å². The number of piperidine rings is 1. The lowest BCUT2D eigenvalue weighted by atomic mass is 9.95. The lowest BCUT2D eigenvalue weighted by Crippen LogP contribution is -2.55. The summed E-state index contributed by atoms with van der Waals surface area (Å²) in [6, 6.07) is -1.13. The summed E-state index contributed by atoms with van der Waals surface area (Å²) in [6.07, 6.45) is 2.93. The Labute approximate surface area is 114 Å². The summed E-state index contributed by atoms with van der Waals surface area (Å²) >= 11 is 0. The SMILES string of the molecule is CCC[C@@H](NC(=O)N1CCCC(C)(OC)C1)C(=O)O. The van der Waals surface area contributed by atoms with Crippen LogP contribution in [0.2, 0.25) is 0 Å². The van der Waals surface area contributed by atoms with Crippen molar-refractivity contribution in [2.75, 3.05) is 20.2 Å². The van der Waals surface area contributed by atoms with Crippen LogP contribution < -0.4 is 5.32 Å². The highest BCUT2D eigenvalue weighted by molar-refractivity contribution is 5.82. The van der Waals surface area contributed by atoms with Crippen molar-refractivity contribution in [3.05, 3.63) is 0 Å². The highest BCUT2D eigenvalue weighted by Gasteiger charge is 2.34. The van der Waals surface area contributed by atoms with Crippen LogP contribution in [0.25, 0.3) is 0 Å². The van der Waals surface area contributed by atoms with Gasteiger partial charge in [-0.1, -0.05) is 13.3 Å². The van der Waals surface area contributed by atoms with Gasteiger partial charge in [-0.25, -0.2) is 9.59 Å². The number of amides is 2. The third-order valence-electron chi connectivity index (χ3n) is 3.61. The lowest BCUT2D eigenvalue weighted by molar-refractivity contribution is -0.139. The van der Waals surface area contributed by atoms with Crippen LogP contribution in [0.3, 0.4) is 0 Å². The van der Waals surface area contributed by atoms with Gasteiger partial charge in [0.1, 0.15) is 6.04 Å². The third kappa shape index (κ3) is 4.38. The number of nitrogens with zero attached hydrogens (tertiary/aromatic N) is 1. The van der Waals surface area contributed by atoms with Gasteiger partial charge in [-0.05, 0) is 26.2 Å². The number of urea groups is 1. The molecule has 0 radical (unpaired) electrons. The summed E-state index contributed by atoms with van der Waals surface area (Å²) in [4.78, 5) is 24.8. The molecule has 1 fully saturated rings. The fourth-order valence-electron chi connectivity index (χ4n) is 2.33. The molecule has 2 atom stereocenters. The van der Waals surface area contributed by atoms with Crippen LogP contribution in [0.1, 0.15) is 39.5 Å². The van der Waals surface area contributed by atoms with Crippen molar-refractivity contribution in [3.63, 3.8) is 0 Å². The molecule has 0 saturated carbocycles. The van der Waals surface area contributed by atoms with E-state index in [1.807, 2.05) is 13.8 Å². The zero-order valence-electron chi connectivity index (χ0n) is 11.9. The monoisotopic (exact) mass is 272 g/mol. The van der Waals surface area contributed by atoms with Crippen molar-refractivity contribution in [2.45, 2.75) is 51.2 Å². The molecule has 19 heavy (non-hydrogen) atoms. The van der Waals surface area contributed by atoms with E-state index in [2.05, 4.69) is 5.32 Å². The van der Waals surface area contributed by atoms with Crippen molar-refractivity contribution >= 4 is 12.0 Å². The van der Waals surface area contributed by atoms with Crippen LogP contribution >= 0.6 is 0 Å². The molecular formula is C13H24N2O4. The summed E-state index contributed by atoms with van der Waals surface area (Å²) in [5, 5.41) is 11.6. The number of ether oxygens (including phenoxy) is 1. The van der Waals surface area contributed by atoms with Gasteiger partial charge in [-0.15, -0.1) is 0 Å². The van der Waals surface area contributed by atoms with Crippen LogP contribution in [0.4, 0.5) is 4.79 Å². The molecule has 1 unspecified atom stereocenters. The van der Waals surface area contributed by atoms with E-state index >= 15 is 0 Å². The average molecular weight is 272 g/mol. The molecule has 1 aliphatic heterocycles. The van der Waals surface area contributed by atoms with E-state index in [1.165, 1.54) is 0 Å². The molecule has 0 aromatic rings. The molecule has 0 bridgehead atoms. The number of nitrogens with one attached hydrogen (secondary N) is 1. The Morgan fingerprint density at radius 1 is 1.53 bits per heavy atom. The molecule has 6 heteroatoms. The summed E-state index contributed by atoms with van der Waals surface area (Å²) in [6.45, 7) is 5.00. The van der Waals surface area contributed by atoms with Crippen LogP contribution in [0.15, 0.2) is 0 Å². The minimum atomic E-state index is -0.985. The van der Waals surface area contributed by atoms with Crippen LogP contribution in [0, 0.1) is 0 Å². The first-order valence-electron chi connectivity index (χ1n) is 6.75. The van der Waals surface area contributed by atoms with Crippen molar-refractivity contribution < 1.29 is 19.4 Å². The van der Waals surface area contributed by atoms with Crippen LogP contribution in [-0.2, 0) is 9.53 Å². The fraction of sp³-hybridized carbons (Fsp3) is 0.846. The van der Waals surface area contributed by atoms with E-state index in [0.29, 0.717) is 25.9 Å². The molecule has 0 aromatic carbocycles. The Bertz CT molecular complexity index is 335. The largest absolute Gasteiger partial charge is 0.480 e. The molecule has 0 spiro atoms. The molecule has 0 aromatic heterocycles. The predicted octanol–water partition coefficient (Wildman–Crippen LogP) is 1.45. The minimum absolute atomic E-state index is 0.316. The fourth-order valence-corrected chi connectivity index (χ4v) is 2.33. The van der Waals surface area contributed by atoms with Crippen LogP contribution in [0.5, 0.6) is 0 Å². The van der Waals surface area contributed by atoms with Gasteiger partial charge < -0.3 is 20.1 Å². The molecule has 1 saturated heterocycles. The molecular weight excluding hydrogens is 248 g/mol. The van der Waals surface area contributed by atoms with E-state index in [4.69, 9.17) is 9.84 Å². The van der Waals surface area contributed by atoms with E-state index in [-0.39, 0.29) is 11.6 Å². The van der Waals surface area contributed by atoms with Crippen molar-refractivity contribution in [3.8, 4) is 0 Å². The predicted molar refractivity (Wildman–Crippen MR) is 71.1 cm³/mol. The Morgan fingerprint density at radius 2 is 2.21 bits per heavy atom. The highest BCUT2D eigenvalue weighted by Crippen LogP contribution is 2.23. The van der Waals surface area contributed by atoms with Gasteiger partial charge in [0.05, 0.1) is 12.1 Å². The van der Waals surface area contributed by atoms with Gasteiger partial charge in [-0.3, -0.25) is 0 Å². The number of hydrogen-bond acceptors (Lipinski definition) is 3. The molecule has 1 aliphatic rings. The number of carboxylic acid groups (broad SMARTS) is 1. The van der Waals surface area contributed by atoms with E-state index in [0.717, 1.165) is 12.8 Å². The summed E-state index contributed by atoms with van der Waals surface area (Å²) in [5.74, 6) is -0.985. The van der Waals surface area contributed by atoms with Gasteiger partial charge >= 0.3 is 12.0 Å². The average Bonchev–Trinajstić information content (AvgIpc) is 2.38. The number of carbonyl (C=O) groups excluding carboxylic acids is 1. The Morgan fingerprint density at radius 3 is 2.74 bits per heavy atom. The van der Waals surface area contributed by atoms with Gasteiger partial charge in [-0.2, -0.15) is 0 Å². The molecule has 2 N–H and O–H groups in total. The summed E-state index contributed by atoms with van der Waals surface area (Å²) in [5.41, 5.74) is -0.334. The maximum Gasteiger partial charge on any atom is 0.326 e. The second-order valence-electron chi connectivity index (χ2n) is 5.31. The first-order valence-corrected chi connectivity index (χ1v) is 6.75. The molecule has 6 nitrogen and oxygen atoms in total. The second kappa shape index (κ2) is 6.75. The molecule has 2 amide bonds. The number of rotatable bonds is 5. The first-order chi connectivity index (χ1) is 8.91. The number of likely N-dealkylation sites (tertiary alicyclic amines) is 1. The first kappa shape index (κ1) is 15.8. The van der Waals surface area contributed by atoms with Crippen LogP contribution in [-0.4, -0.2) is 53.8 Å². The standard InChI is InChI=1S/C13H24N2O4/c1-4-6-10(11(16)17)14-12(18)15-8-5-7-13(2,9-15)19-3/h10H,4-9H2,1-3H3,(H,14,18)(H,16,17)/t10-,13?/m1/s1. The zero-order valence-corrected chi connectivity index (χ0v) is 11.9. The van der Waals surface area contributed by atoms with Gasteiger partial charge in [0.15, 0.2) is 0 Å².